The molecule has 1 atom stereocenters. The van der Waals surface area contributed by atoms with E-state index < -0.39 is 0 Å². The van der Waals surface area contributed by atoms with Gasteiger partial charge in [-0.05, 0) is 57.7 Å². The van der Waals surface area contributed by atoms with Crippen molar-refractivity contribution < 1.29 is 4.74 Å². The fourth-order valence-electron chi connectivity index (χ4n) is 1.87. The van der Waals surface area contributed by atoms with Gasteiger partial charge in [0, 0.05) is 4.83 Å². The molecule has 0 aliphatic carbocycles. The molecule has 0 fully saturated rings. The third kappa shape index (κ3) is 3.91. The van der Waals surface area contributed by atoms with E-state index in [2.05, 4.69) is 37.9 Å². The van der Waals surface area contributed by atoms with Crippen molar-refractivity contribution in [1.82, 2.24) is 0 Å². The Bertz CT molecular complexity index is 617. The topological polar surface area (TPSA) is 9.23 Å². The van der Waals surface area contributed by atoms with Crippen LogP contribution in [0.3, 0.4) is 0 Å². The van der Waals surface area contributed by atoms with E-state index >= 15 is 0 Å². The van der Waals surface area contributed by atoms with Crippen LogP contribution in [0.25, 0.3) is 0 Å². The molecule has 0 N–H and O–H groups in total. The number of alkyl halides is 1. The summed E-state index contributed by atoms with van der Waals surface area (Å²) in [6.07, 6.45) is 0.829. The van der Waals surface area contributed by atoms with Crippen molar-refractivity contribution in [2.75, 3.05) is 7.11 Å². The molecule has 1 nitrogen and oxygen atoms in total. The fourth-order valence-corrected chi connectivity index (χ4v) is 3.41. The van der Waals surface area contributed by atoms with Crippen molar-refractivity contribution in [2.24, 2.45) is 0 Å². The smallest absolute Gasteiger partial charge is 0.133 e. The monoisotopic (exact) mass is 436 g/mol. The van der Waals surface area contributed by atoms with Crippen molar-refractivity contribution >= 4 is 55.1 Å². The van der Waals surface area contributed by atoms with Crippen LogP contribution in [-0.2, 0) is 6.42 Å². The summed E-state index contributed by atoms with van der Waals surface area (Å²) in [4.78, 5) is 0.196. The molecule has 0 radical (unpaired) electrons. The van der Waals surface area contributed by atoms with Gasteiger partial charge in [0.25, 0.3) is 0 Å². The highest BCUT2D eigenvalue weighted by atomic mass is 79.9. The quantitative estimate of drug-likeness (QED) is 0.499. The van der Waals surface area contributed by atoms with Gasteiger partial charge in [-0.3, -0.25) is 0 Å². The summed E-state index contributed by atoms with van der Waals surface area (Å²) in [5.41, 5.74) is 2.30. The SMILES string of the molecule is COc1ccc(C(Br)Cc2ccc(Cl)c(Cl)c2)cc1Br. The van der Waals surface area contributed by atoms with E-state index in [1.165, 1.54) is 5.56 Å². The van der Waals surface area contributed by atoms with Crippen LogP contribution >= 0.6 is 55.1 Å². The lowest BCUT2D eigenvalue weighted by atomic mass is 10.0. The third-order valence-electron chi connectivity index (χ3n) is 2.94. The minimum absolute atomic E-state index is 0.196. The van der Waals surface area contributed by atoms with Gasteiger partial charge < -0.3 is 4.74 Å². The van der Waals surface area contributed by atoms with Crippen molar-refractivity contribution in [3.63, 3.8) is 0 Å². The highest BCUT2D eigenvalue weighted by molar-refractivity contribution is 9.10. The predicted octanol–water partition coefficient (Wildman–Crippen LogP) is 6.44. The standard InChI is InChI=1S/C15H12Br2Cl2O/c1-20-15-5-3-10(8-12(15)17)11(16)6-9-2-4-13(18)14(19)7-9/h2-5,7-8,11H,6H2,1H3. The Labute approximate surface area is 145 Å². The zero-order valence-corrected chi connectivity index (χ0v) is 15.4. The van der Waals surface area contributed by atoms with Gasteiger partial charge in [0.05, 0.1) is 21.6 Å². The van der Waals surface area contributed by atoms with E-state index in [9.17, 15) is 0 Å². The number of hydrogen-bond donors (Lipinski definition) is 0. The average molecular weight is 439 g/mol. The maximum atomic E-state index is 6.04. The largest absolute Gasteiger partial charge is 0.496 e. The molecule has 0 bridgehead atoms. The van der Waals surface area contributed by atoms with E-state index in [-0.39, 0.29) is 4.83 Å². The third-order valence-corrected chi connectivity index (χ3v) is 5.15. The Balaban J connectivity index is 2.17. The average Bonchev–Trinajstić information content (AvgIpc) is 2.42. The number of ether oxygens (including phenoxy) is 1. The van der Waals surface area contributed by atoms with Crippen LogP contribution in [-0.4, -0.2) is 7.11 Å². The molecule has 0 aliphatic rings. The van der Waals surface area contributed by atoms with Crippen molar-refractivity contribution in [2.45, 2.75) is 11.2 Å². The summed E-state index contributed by atoms with van der Waals surface area (Å²) < 4.78 is 6.17. The van der Waals surface area contributed by atoms with Gasteiger partial charge in [0.2, 0.25) is 0 Å². The van der Waals surface area contributed by atoms with E-state index in [0.29, 0.717) is 10.0 Å². The van der Waals surface area contributed by atoms with Gasteiger partial charge >= 0.3 is 0 Å². The molecule has 0 spiro atoms. The Hall–Kier alpha value is -0.220. The molecular formula is C15H12Br2Cl2O. The first kappa shape index (κ1) is 16.2. The number of hydrogen-bond acceptors (Lipinski definition) is 1. The van der Waals surface area contributed by atoms with Crippen molar-refractivity contribution in [1.29, 1.82) is 0 Å². The van der Waals surface area contributed by atoms with Gasteiger partial charge in [-0.1, -0.05) is 51.3 Å². The number of methoxy groups -OCH3 is 1. The van der Waals surface area contributed by atoms with Gasteiger partial charge in [-0.15, -0.1) is 0 Å². The molecular weight excluding hydrogens is 427 g/mol. The maximum Gasteiger partial charge on any atom is 0.133 e. The highest BCUT2D eigenvalue weighted by Crippen LogP contribution is 2.34. The fraction of sp³-hybridized carbons (Fsp3) is 0.200. The number of rotatable bonds is 4. The van der Waals surface area contributed by atoms with E-state index in [4.69, 9.17) is 27.9 Å². The summed E-state index contributed by atoms with van der Waals surface area (Å²) in [5.74, 6) is 0.822. The molecule has 0 saturated carbocycles. The minimum Gasteiger partial charge on any atom is -0.496 e. The second-order valence-electron chi connectivity index (χ2n) is 4.31. The molecule has 2 rings (SSSR count). The molecule has 2 aromatic carbocycles. The Morgan fingerprint density at radius 2 is 1.85 bits per heavy atom. The molecule has 0 amide bonds. The zero-order valence-electron chi connectivity index (χ0n) is 10.7. The minimum atomic E-state index is 0.196. The second kappa shape index (κ2) is 7.17. The Kier molecular flexibility index (Phi) is 5.79. The van der Waals surface area contributed by atoms with E-state index in [1.807, 2.05) is 30.3 Å². The normalized spacial score (nSPS) is 12.2. The summed E-state index contributed by atoms with van der Waals surface area (Å²) in [5, 5.41) is 1.16. The molecule has 106 valence electrons. The Morgan fingerprint density at radius 1 is 1.10 bits per heavy atom. The van der Waals surface area contributed by atoms with E-state index in [1.54, 1.807) is 7.11 Å². The summed E-state index contributed by atoms with van der Waals surface area (Å²) in [6, 6.07) is 11.7. The zero-order chi connectivity index (χ0) is 14.7. The lowest BCUT2D eigenvalue weighted by Crippen LogP contribution is -1.96. The number of benzene rings is 2. The molecule has 20 heavy (non-hydrogen) atoms. The molecule has 1 unspecified atom stereocenters. The van der Waals surface area contributed by atoms with Gasteiger partial charge in [-0.25, -0.2) is 0 Å². The summed E-state index contributed by atoms with van der Waals surface area (Å²) in [7, 11) is 1.65. The van der Waals surface area contributed by atoms with Crippen LogP contribution in [0.4, 0.5) is 0 Å². The molecule has 5 heteroatoms. The highest BCUT2D eigenvalue weighted by Gasteiger charge is 2.12. The van der Waals surface area contributed by atoms with Crippen molar-refractivity contribution in [3.8, 4) is 5.75 Å². The first-order valence-corrected chi connectivity index (χ1v) is 8.39. The molecule has 2 aromatic rings. The lowest BCUT2D eigenvalue weighted by molar-refractivity contribution is 0.412. The van der Waals surface area contributed by atoms with Crippen LogP contribution in [0, 0.1) is 0 Å². The van der Waals surface area contributed by atoms with Gasteiger partial charge in [0.1, 0.15) is 5.75 Å². The summed E-state index contributed by atoms with van der Waals surface area (Å²) >= 11 is 19.2. The lowest BCUT2D eigenvalue weighted by Gasteiger charge is -2.13. The van der Waals surface area contributed by atoms with Crippen LogP contribution < -0.4 is 4.74 Å². The van der Waals surface area contributed by atoms with E-state index in [0.717, 1.165) is 22.2 Å². The van der Waals surface area contributed by atoms with Crippen LogP contribution in [0.2, 0.25) is 10.0 Å². The molecule has 0 saturated heterocycles. The second-order valence-corrected chi connectivity index (χ2v) is 7.09. The summed E-state index contributed by atoms with van der Waals surface area (Å²) in [6.45, 7) is 0. The van der Waals surface area contributed by atoms with Crippen LogP contribution in [0.15, 0.2) is 40.9 Å². The predicted molar refractivity (Wildman–Crippen MR) is 92.5 cm³/mol. The van der Waals surface area contributed by atoms with Crippen LogP contribution in [0.5, 0.6) is 5.75 Å². The van der Waals surface area contributed by atoms with Gasteiger partial charge in [-0.2, -0.15) is 0 Å². The molecule has 0 aliphatic heterocycles. The molecule has 0 aromatic heterocycles. The van der Waals surface area contributed by atoms with Crippen molar-refractivity contribution in [3.05, 3.63) is 62.0 Å². The van der Waals surface area contributed by atoms with Crippen LogP contribution in [0.1, 0.15) is 16.0 Å². The first-order valence-electron chi connectivity index (χ1n) is 5.92. The Morgan fingerprint density at radius 3 is 2.45 bits per heavy atom. The first-order chi connectivity index (χ1) is 9.51. The van der Waals surface area contributed by atoms with Gasteiger partial charge in [0.15, 0.2) is 0 Å². The number of halogens is 4. The maximum absolute atomic E-state index is 6.04. The molecule has 0 heterocycles.